The number of hydrogen-bond acceptors (Lipinski definition) is 3. The van der Waals surface area contributed by atoms with Gasteiger partial charge in [-0.3, -0.25) is 4.79 Å². The summed E-state index contributed by atoms with van der Waals surface area (Å²) in [7, 11) is 0. The van der Waals surface area contributed by atoms with Crippen LogP contribution in [-0.4, -0.2) is 5.91 Å². The molecule has 1 aliphatic heterocycles. The van der Waals surface area contributed by atoms with E-state index in [4.69, 9.17) is 0 Å². The average Bonchev–Trinajstić information content (AvgIpc) is 3.12. The van der Waals surface area contributed by atoms with Crippen molar-refractivity contribution in [2.45, 2.75) is 0 Å². The first kappa shape index (κ1) is 10.5. The van der Waals surface area contributed by atoms with Crippen LogP contribution in [0.1, 0.15) is 10.4 Å². The van der Waals surface area contributed by atoms with Crippen LogP contribution in [0.3, 0.4) is 0 Å². The quantitative estimate of drug-likeness (QED) is 0.661. The van der Waals surface area contributed by atoms with Gasteiger partial charge in [-0.25, -0.2) is 0 Å². The number of para-hydroxylation sites is 1. The van der Waals surface area contributed by atoms with Crippen LogP contribution in [0.2, 0.25) is 0 Å². The van der Waals surface area contributed by atoms with Crippen LogP contribution in [-0.2, 0) is 0 Å². The second-order valence-electron chi connectivity index (χ2n) is 3.92. The predicted molar refractivity (Wildman–Crippen MR) is 68.8 cm³/mol. The highest BCUT2D eigenvalue weighted by atomic mass is 16.3. The number of nitrogens with zero attached hydrogens (tertiary/aromatic N) is 2. The van der Waals surface area contributed by atoms with Crippen molar-refractivity contribution in [1.82, 2.24) is 0 Å². The van der Waals surface area contributed by atoms with Crippen molar-refractivity contribution in [2.24, 2.45) is 5.29 Å². The first-order chi connectivity index (χ1) is 8.79. The molecule has 0 aromatic heterocycles. The molecule has 0 bridgehead atoms. The Labute approximate surface area is 103 Å². The minimum atomic E-state index is -0.207. The Morgan fingerprint density at radius 3 is 2.56 bits per heavy atom. The van der Waals surface area contributed by atoms with Gasteiger partial charge in [0.05, 0.1) is 16.7 Å². The summed E-state index contributed by atoms with van der Waals surface area (Å²) in [5.74, 6) is -0.207. The summed E-state index contributed by atoms with van der Waals surface area (Å²) in [4.78, 5) is 22.3. The molecule has 2 aromatic rings. The van der Waals surface area contributed by atoms with Gasteiger partial charge in [-0.15, -0.1) is 4.91 Å². The second kappa shape index (κ2) is 3.96. The highest BCUT2D eigenvalue weighted by Gasteiger charge is 2.31. The number of nitroso groups, excluding NO2 is 1. The van der Waals surface area contributed by atoms with Gasteiger partial charge in [-0.1, -0.05) is 18.2 Å². The Hall–Kier alpha value is -2.69. The SMILES string of the molecule is O=NN1c2ccc(C(=O)Nc3ccccc3)cc21. The lowest BCUT2D eigenvalue weighted by molar-refractivity contribution is 0.102. The lowest BCUT2D eigenvalue weighted by Crippen LogP contribution is -2.11. The van der Waals surface area contributed by atoms with Crippen LogP contribution in [0.5, 0.6) is 0 Å². The third kappa shape index (κ3) is 1.71. The Morgan fingerprint density at radius 1 is 1.06 bits per heavy atom. The maximum absolute atomic E-state index is 11.9. The summed E-state index contributed by atoms with van der Waals surface area (Å²) in [5.41, 5.74) is 2.67. The van der Waals surface area contributed by atoms with Gasteiger partial charge in [-0.2, -0.15) is 5.01 Å². The fourth-order valence-corrected chi connectivity index (χ4v) is 1.79. The van der Waals surface area contributed by atoms with E-state index in [0.29, 0.717) is 11.3 Å². The number of carbonyl (C=O) groups is 1. The summed E-state index contributed by atoms with van der Waals surface area (Å²) in [6, 6.07) is 14.2. The van der Waals surface area contributed by atoms with E-state index in [2.05, 4.69) is 10.6 Å². The molecule has 1 heterocycles. The molecule has 0 saturated heterocycles. The number of rotatable bonds is 3. The van der Waals surface area contributed by atoms with Gasteiger partial charge in [0, 0.05) is 11.3 Å². The summed E-state index contributed by atoms with van der Waals surface area (Å²) >= 11 is 0. The van der Waals surface area contributed by atoms with Crippen molar-refractivity contribution in [3.05, 3.63) is 59.0 Å². The van der Waals surface area contributed by atoms with Crippen LogP contribution in [0.4, 0.5) is 17.1 Å². The summed E-state index contributed by atoms with van der Waals surface area (Å²) in [6.07, 6.45) is 0. The van der Waals surface area contributed by atoms with Crippen molar-refractivity contribution < 1.29 is 4.79 Å². The third-order valence-electron chi connectivity index (χ3n) is 2.76. The molecule has 3 rings (SSSR count). The smallest absolute Gasteiger partial charge is 0.255 e. The Kier molecular flexibility index (Phi) is 2.30. The lowest BCUT2D eigenvalue weighted by atomic mass is 10.2. The zero-order valence-electron chi connectivity index (χ0n) is 9.33. The third-order valence-corrected chi connectivity index (χ3v) is 2.76. The minimum absolute atomic E-state index is 0.207. The van der Waals surface area contributed by atoms with Gasteiger partial charge >= 0.3 is 0 Å². The average molecular weight is 239 g/mol. The van der Waals surface area contributed by atoms with Gasteiger partial charge in [0.1, 0.15) is 0 Å². The molecule has 0 aliphatic carbocycles. The highest BCUT2D eigenvalue weighted by molar-refractivity contribution is 6.07. The zero-order valence-corrected chi connectivity index (χ0v) is 9.33. The van der Waals surface area contributed by atoms with E-state index in [1.807, 2.05) is 30.3 Å². The van der Waals surface area contributed by atoms with E-state index in [9.17, 15) is 9.70 Å². The first-order valence-electron chi connectivity index (χ1n) is 5.43. The Balaban J connectivity index is 1.78. The fourth-order valence-electron chi connectivity index (χ4n) is 1.79. The minimum Gasteiger partial charge on any atom is -0.322 e. The van der Waals surface area contributed by atoms with Crippen molar-refractivity contribution in [2.75, 3.05) is 10.3 Å². The molecule has 0 radical (unpaired) electrons. The molecule has 5 heteroatoms. The van der Waals surface area contributed by atoms with E-state index < -0.39 is 0 Å². The molecule has 0 unspecified atom stereocenters. The van der Waals surface area contributed by atoms with E-state index in [1.54, 1.807) is 18.2 Å². The van der Waals surface area contributed by atoms with E-state index in [-0.39, 0.29) is 5.91 Å². The Morgan fingerprint density at radius 2 is 1.83 bits per heavy atom. The fraction of sp³-hybridized carbons (Fsp3) is 0. The number of benzene rings is 2. The molecular weight excluding hydrogens is 230 g/mol. The van der Waals surface area contributed by atoms with E-state index in [0.717, 1.165) is 11.4 Å². The Bertz CT molecular complexity index is 625. The molecule has 0 atom stereocenters. The van der Waals surface area contributed by atoms with Gasteiger partial charge in [0.2, 0.25) is 0 Å². The lowest BCUT2D eigenvalue weighted by Gasteiger charge is -2.03. The largest absolute Gasteiger partial charge is 0.322 e. The van der Waals surface area contributed by atoms with E-state index in [1.165, 1.54) is 5.01 Å². The molecule has 5 nitrogen and oxygen atoms in total. The van der Waals surface area contributed by atoms with Crippen LogP contribution >= 0.6 is 0 Å². The number of fused-ring (bicyclic) bond motifs is 1. The van der Waals surface area contributed by atoms with E-state index >= 15 is 0 Å². The van der Waals surface area contributed by atoms with Crippen molar-refractivity contribution in [1.29, 1.82) is 0 Å². The molecule has 0 fully saturated rings. The molecule has 1 amide bonds. The number of carbonyl (C=O) groups excluding carboxylic acids is 1. The second-order valence-corrected chi connectivity index (χ2v) is 3.92. The summed E-state index contributed by atoms with van der Waals surface area (Å²) in [5, 5.41) is 6.83. The van der Waals surface area contributed by atoms with Crippen LogP contribution in [0.25, 0.3) is 0 Å². The topological polar surface area (TPSA) is 61.5 Å². The van der Waals surface area contributed by atoms with Crippen molar-refractivity contribution in [3.63, 3.8) is 0 Å². The molecular formula is C13H9N3O2. The normalized spacial score (nSPS) is 11.7. The van der Waals surface area contributed by atoms with Gasteiger partial charge in [0.25, 0.3) is 5.91 Å². The standard InChI is InChI=1S/C13H9N3O2/c17-13(14-10-4-2-1-3-5-10)9-6-7-11-12(8-9)16(11)15-18/h1-8H,(H,14,17). The number of anilines is 3. The van der Waals surface area contributed by atoms with Gasteiger partial charge in [0.15, 0.2) is 0 Å². The predicted octanol–water partition coefficient (Wildman–Crippen LogP) is 3.07. The maximum Gasteiger partial charge on any atom is 0.255 e. The monoisotopic (exact) mass is 239 g/mol. The summed E-state index contributed by atoms with van der Waals surface area (Å²) < 4.78 is 0. The van der Waals surface area contributed by atoms with Gasteiger partial charge in [-0.05, 0) is 30.3 Å². The molecule has 1 aliphatic rings. The molecule has 1 N–H and O–H groups in total. The summed E-state index contributed by atoms with van der Waals surface area (Å²) in [6.45, 7) is 0. The number of hydrogen-bond donors (Lipinski definition) is 1. The number of amides is 1. The first-order valence-corrected chi connectivity index (χ1v) is 5.43. The molecule has 0 saturated carbocycles. The van der Waals surface area contributed by atoms with Crippen LogP contribution < -0.4 is 10.3 Å². The van der Waals surface area contributed by atoms with Crippen LogP contribution in [0, 0.1) is 4.91 Å². The molecule has 18 heavy (non-hydrogen) atoms. The molecule has 88 valence electrons. The highest BCUT2D eigenvalue weighted by Crippen LogP contribution is 2.48. The number of nitrogens with one attached hydrogen (secondary N) is 1. The zero-order chi connectivity index (χ0) is 12.5. The molecule has 0 spiro atoms. The van der Waals surface area contributed by atoms with Crippen LogP contribution in [0.15, 0.2) is 53.8 Å². The van der Waals surface area contributed by atoms with Crippen molar-refractivity contribution in [3.8, 4) is 0 Å². The maximum atomic E-state index is 11.9. The molecule has 2 aromatic carbocycles. The van der Waals surface area contributed by atoms with Crippen molar-refractivity contribution >= 4 is 23.0 Å². The van der Waals surface area contributed by atoms with Gasteiger partial charge < -0.3 is 5.32 Å².